The first kappa shape index (κ1) is 29.5. The Hall–Kier alpha value is -2.45. The minimum absolute atomic E-state index is 0.0815. The summed E-state index contributed by atoms with van der Waals surface area (Å²) in [5.41, 5.74) is 1.70. The van der Waals surface area contributed by atoms with Crippen molar-refractivity contribution in [2.24, 2.45) is 34.1 Å². The molecule has 1 aromatic carbocycles. The second-order valence-electron chi connectivity index (χ2n) is 13.2. The highest BCUT2D eigenvalue weighted by Crippen LogP contribution is 2.48. The van der Waals surface area contributed by atoms with Crippen LogP contribution in [0.5, 0.6) is 0 Å². The predicted molar refractivity (Wildman–Crippen MR) is 161 cm³/mol. The molecule has 8 heteroatoms. The van der Waals surface area contributed by atoms with Gasteiger partial charge in [0.15, 0.2) is 5.96 Å². The molecule has 1 aromatic heterocycles. The molecule has 1 aliphatic carbocycles. The van der Waals surface area contributed by atoms with E-state index in [4.69, 9.17) is 4.99 Å². The molecule has 4 rings (SSSR count). The Morgan fingerprint density at radius 2 is 2.00 bits per heavy atom. The van der Waals surface area contributed by atoms with E-state index in [1.165, 1.54) is 0 Å². The number of rotatable bonds is 6. The van der Waals surface area contributed by atoms with E-state index < -0.39 is 0 Å². The van der Waals surface area contributed by atoms with Gasteiger partial charge in [0, 0.05) is 31.4 Å². The Morgan fingerprint density at radius 1 is 1.26 bits per heavy atom. The zero-order chi connectivity index (χ0) is 28.5. The lowest BCUT2D eigenvalue weighted by molar-refractivity contribution is 0.0266. The van der Waals surface area contributed by atoms with E-state index in [1.807, 2.05) is 18.2 Å². The van der Waals surface area contributed by atoms with Crippen molar-refractivity contribution in [1.29, 1.82) is 0 Å². The highest BCUT2D eigenvalue weighted by Gasteiger charge is 2.44. The number of nitrogens with zero attached hydrogens (tertiary/aromatic N) is 4. The maximum atomic E-state index is 13.3. The average molecular weight is 539 g/mol. The smallest absolute Gasteiger partial charge is 0.261 e. The van der Waals surface area contributed by atoms with Crippen LogP contribution in [0, 0.1) is 29.1 Å². The minimum Gasteiger partial charge on any atom is -0.394 e. The number of aliphatic imine (C=N–C) groups is 1. The van der Waals surface area contributed by atoms with Gasteiger partial charge in [0.1, 0.15) is 0 Å². The molecular formula is C31H50N6O2. The van der Waals surface area contributed by atoms with E-state index >= 15 is 0 Å². The minimum atomic E-state index is -0.270. The normalized spacial score (nSPS) is 28.6. The summed E-state index contributed by atoms with van der Waals surface area (Å²) < 4.78 is 1.58. The van der Waals surface area contributed by atoms with Crippen LogP contribution < -0.4 is 16.2 Å². The predicted octanol–water partition coefficient (Wildman–Crippen LogP) is 4.74. The Morgan fingerprint density at radius 3 is 2.67 bits per heavy atom. The van der Waals surface area contributed by atoms with Gasteiger partial charge in [0.05, 0.1) is 35.9 Å². The summed E-state index contributed by atoms with van der Waals surface area (Å²) in [6.45, 7) is 20.9. The summed E-state index contributed by atoms with van der Waals surface area (Å²) in [5, 5.41) is 17.6. The molecule has 3 N–H and O–H groups in total. The number of anilines is 1. The van der Waals surface area contributed by atoms with Crippen molar-refractivity contribution in [3.8, 4) is 0 Å². The third-order valence-electron chi connectivity index (χ3n) is 9.78. The van der Waals surface area contributed by atoms with Crippen LogP contribution in [0.4, 0.5) is 5.69 Å². The van der Waals surface area contributed by atoms with Crippen LogP contribution >= 0.6 is 0 Å². The van der Waals surface area contributed by atoms with Crippen molar-refractivity contribution in [2.45, 2.75) is 86.4 Å². The molecule has 0 radical (unpaired) electrons. The fourth-order valence-electron chi connectivity index (χ4n) is 6.41. The molecule has 1 aliphatic heterocycles. The Labute approximate surface area is 234 Å². The monoisotopic (exact) mass is 538 g/mol. The average Bonchev–Trinajstić information content (AvgIpc) is 2.89. The Bertz CT molecular complexity index is 1220. The van der Waals surface area contributed by atoms with Gasteiger partial charge in [-0.05, 0) is 67.1 Å². The van der Waals surface area contributed by atoms with Gasteiger partial charge in [0.2, 0.25) is 0 Å². The van der Waals surface area contributed by atoms with Crippen molar-refractivity contribution in [2.75, 3.05) is 31.6 Å². The molecule has 39 heavy (non-hydrogen) atoms. The van der Waals surface area contributed by atoms with Crippen LogP contribution in [0.15, 0.2) is 34.3 Å². The summed E-state index contributed by atoms with van der Waals surface area (Å²) in [6.07, 6.45) is 3.38. The van der Waals surface area contributed by atoms with Gasteiger partial charge in [-0.25, -0.2) is 9.98 Å². The van der Waals surface area contributed by atoms with Crippen molar-refractivity contribution in [1.82, 2.24) is 19.8 Å². The van der Waals surface area contributed by atoms with Crippen LogP contribution in [0.25, 0.3) is 10.9 Å². The van der Waals surface area contributed by atoms with E-state index in [0.717, 1.165) is 44.1 Å². The third-order valence-corrected chi connectivity index (χ3v) is 9.78. The zero-order valence-corrected chi connectivity index (χ0v) is 25.2. The van der Waals surface area contributed by atoms with Crippen molar-refractivity contribution < 1.29 is 5.11 Å². The lowest BCUT2D eigenvalue weighted by Gasteiger charge is -2.49. The van der Waals surface area contributed by atoms with Gasteiger partial charge in [-0.2, -0.15) is 0 Å². The molecule has 216 valence electrons. The number of fused-ring (bicyclic) bond motifs is 1. The van der Waals surface area contributed by atoms with Gasteiger partial charge in [-0.15, -0.1) is 0 Å². The Balaban J connectivity index is 1.66. The molecule has 1 saturated carbocycles. The molecule has 0 amide bonds. The first-order chi connectivity index (χ1) is 18.4. The number of aliphatic hydroxyl groups is 1. The fourth-order valence-corrected chi connectivity index (χ4v) is 6.41. The van der Waals surface area contributed by atoms with Crippen LogP contribution in [-0.4, -0.2) is 63.8 Å². The number of aromatic nitrogens is 2. The number of hydrogen-bond acceptors (Lipinski definition) is 5. The van der Waals surface area contributed by atoms with Crippen molar-refractivity contribution >= 4 is 22.5 Å². The topological polar surface area (TPSA) is 94.8 Å². The molecule has 2 aromatic rings. The summed E-state index contributed by atoms with van der Waals surface area (Å²) in [4.78, 5) is 25.7. The largest absolute Gasteiger partial charge is 0.394 e. The van der Waals surface area contributed by atoms with E-state index in [0.29, 0.717) is 46.0 Å². The van der Waals surface area contributed by atoms with Crippen LogP contribution in [0.2, 0.25) is 0 Å². The third kappa shape index (κ3) is 6.32. The maximum Gasteiger partial charge on any atom is 0.261 e. The van der Waals surface area contributed by atoms with Crippen LogP contribution in [0.1, 0.15) is 74.3 Å². The van der Waals surface area contributed by atoms with E-state index in [9.17, 15) is 9.90 Å². The van der Waals surface area contributed by atoms with Gasteiger partial charge >= 0.3 is 0 Å². The van der Waals surface area contributed by atoms with Crippen LogP contribution in [-0.2, 0) is 0 Å². The van der Waals surface area contributed by atoms with Gasteiger partial charge in [-0.3, -0.25) is 9.36 Å². The molecule has 0 spiro atoms. The van der Waals surface area contributed by atoms with Crippen molar-refractivity contribution in [3.63, 3.8) is 0 Å². The maximum absolute atomic E-state index is 13.3. The van der Waals surface area contributed by atoms with Crippen LogP contribution in [0.3, 0.4) is 0 Å². The number of aliphatic hydroxyl groups excluding tert-OH is 1. The fraction of sp³-hybridized carbons (Fsp3) is 0.710. The number of benzene rings is 1. The van der Waals surface area contributed by atoms with E-state index in [1.54, 1.807) is 10.9 Å². The molecule has 2 heterocycles. The number of piperazine rings is 1. The molecule has 2 aliphatic rings. The molecule has 2 fully saturated rings. The highest BCUT2D eigenvalue weighted by molar-refractivity contribution is 5.96. The first-order valence-electron chi connectivity index (χ1n) is 14.9. The van der Waals surface area contributed by atoms with E-state index in [2.05, 4.69) is 75.9 Å². The summed E-state index contributed by atoms with van der Waals surface area (Å²) in [5.74, 6) is 2.92. The molecule has 6 atom stereocenters. The SMILES string of the molecule is CC(C)C[C@@H](CO)n1cnc2cc(NC(=NC3C[C@@H](C)C(C)(C)[C@@H](C)[C@@H]3C)N3CCN[C@@H](C)C3)ccc2c1=O. The number of nitrogens with one attached hydrogen (secondary N) is 2. The van der Waals surface area contributed by atoms with Gasteiger partial charge < -0.3 is 20.6 Å². The van der Waals surface area contributed by atoms with E-state index in [-0.39, 0.29) is 24.2 Å². The Kier molecular flexibility index (Phi) is 9.06. The lowest BCUT2D eigenvalue weighted by atomic mass is 9.58. The molecule has 1 saturated heterocycles. The molecule has 1 unspecified atom stereocenters. The quantitative estimate of drug-likeness (QED) is 0.363. The van der Waals surface area contributed by atoms with Crippen molar-refractivity contribution in [3.05, 3.63) is 34.9 Å². The van der Waals surface area contributed by atoms with Gasteiger partial charge in [-0.1, -0.05) is 48.5 Å². The molecule has 8 nitrogen and oxygen atoms in total. The number of hydrogen-bond donors (Lipinski definition) is 3. The summed E-state index contributed by atoms with van der Waals surface area (Å²) >= 11 is 0. The zero-order valence-electron chi connectivity index (χ0n) is 25.2. The molecular weight excluding hydrogens is 488 g/mol. The lowest BCUT2D eigenvalue weighted by Crippen LogP contribution is -2.54. The summed E-state index contributed by atoms with van der Waals surface area (Å²) in [6, 6.07) is 6.10. The second kappa shape index (κ2) is 12.0. The highest BCUT2D eigenvalue weighted by atomic mass is 16.3. The standard InChI is InChI=1S/C31H50N6O2/c1-19(2)13-25(17-38)37-18-33-28-15-24(9-10-26(28)29(37)39)34-30(36-12-11-32-21(4)16-36)35-27-14-20(3)31(7,8)23(6)22(27)5/h9-10,15,18-23,25,27,32,38H,11-14,16-17H2,1-8H3,(H,34,35)/t20-,21+,22+,23+,25+,27?/m1/s1. The summed E-state index contributed by atoms with van der Waals surface area (Å²) in [7, 11) is 0. The first-order valence-corrected chi connectivity index (χ1v) is 14.9. The number of guanidine groups is 1. The molecule has 0 bridgehead atoms. The van der Waals surface area contributed by atoms with Gasteiger partial charge in [0.25, 0.3) is 5.56 Å². The second-order valence-corrected chi connectivity index (χ2v) is 13.2.